The summed E-state index contributed by atoms with van der Waals surface area (Å²) in [5, 5.41) is 11.0. The minimum absolute atomic E-state index is 0.666. The van der Waals surface area contributed by atoms with Gasteiger partial charge in [-0.15, -0.1) is 5.54 Å². The van der Waals surface area contributed by atoms with Gasteiger partial charge in [-0.2, -0.15) is 0 Å². The first-order valence-corrected chi connectivity index (χ1v) is 16.5. The largest absolute Gasteiger partial charge is 0.385 e. The summed E-state index contributed by atoms with van der Waals surface area (Å²) in [4.78, 5) is -0.666. The molecule has 0 aromatic rings. The fraction of sp³-hybridized carbons (Fsp3) is 0.833. The molecule has 0 aromatic heterocycles. The number of rotatable bonds is 2. The Morgan fingerprint density at radius 3 is 1.25 bits per heavy atom. The van der Waals surface area contributed by atoms with Crippen LogP contribution in [0.25, 0.3) is 0 Å². The zero-order valence-corrected chi connectivity index (χ0v) is 15.4. The van der Waals surface area contributed by atoms with E-state index in [1.54, 1.807) is 0 Å². The number of hydrogen-bond acceptors (Lipinski definition) is 1. The molecule has 1 N–H and O–H groups in total. The van der Waals surface area contributed by atoms with Gasteiger partial charge in [-0.3, -0.25) is 0 Å². The highest BCUT2D eigenvalue weighted by atomic mass is 28.4. The highest BCUT2D eigenvalue weighted by molar-refractivity contribution is 6.99. The molecule has 0 aliphatic carbocycles. The Balaban J connectivity index is 5.54. The molecule has 0 heterocycles. The Morgan fingerprint density at radius 1 is 0.750 bits per heavy atom. The van der Waals surface area contributed by atoms with Crippen LogP contribution >= 0.6 is 0 Å². The molecule has 0 saturated carbocycles. The van der Waals surface area contributed by atoms with Crippen LogP contribution in [0.2, 0.25) is 58.9 Å². The van der Waals surface area contributed by atoms with Crippen molar-refractivity contribution >= 4 is 24.2 Å². The molecule has 0 amide bonds. The van der Waals surface area contributed by atoms with E-state index in [-0.39, 0.29) is 0 Å². The third-order valence-electron chi connectivity index (χ3n) is 2.79. The summed E-state index contributed by atoms with van der Waals surface area (Å²) in [5.41, 5.74) is 3.38. The molecule has 0 rings (SSSR count). The fourth-order valence-electron chi connectivity index (χ4n) is 1.78. The smallest absolute Gasteiger partial charge is 0.129 e. The van der Waals surface area contributed by atoms with E-state index in [0.717, 1.165) is 0 Å². The molecule has 1 nitrogen and oxygen atoms in total. The van der Waals surface area contributed by atoms with Crippen molar-refractivity contribution in [2.24, 2.45) is 0 Å². The molecule has 0 aliphatic heterocycles. The van der Waals surface area contributed by atoms with Crippen LogP contribution in [0.4, 0.5) is 0 Å². The molecule has 0 spiro atoms. The molecule has 0 saturated heterocycles. The van der Waals surface area contributed by atoms with Crippen LogP contribution < -0.4 is 0 Å². The molecule has 0 bridgehead atoms. The van der Waals surface area contributed by atoms with Crippen molar-refractivity contribution in [1.82, 2.24) is 0 Å². The lowest BCUT2D eigenvalue weighted by atomic mass is 10.7. The van der Waals surface area contributed by atoms with Gasteiger partial charge in [0.2, 0.25) is 0 Å². The third-order valence-corrected chi connectivity index (χ3v) is 12.8. The number of hydrogen-bond donors (Lipinski definition) is 1. The van der Waals surface area contributed by atoms with E-state index in [2.05, 4.69) is 70.4 Å². The van der Waals surface area contributed by atoms with Crippen LogP contribution in [0.15, 0.2) is 0 Å². The fourth-order valence-corrected chi connectivity index (χ4v) is 12.5. The zero-order chi connectivity index (χ0) is 13.4. The topological polar surface area (TPSA) is 20.2 Å². The highest BCUT2D eigenvalue weighted by Crippen LogP contribution is 2.30. The standard InChI is InChI=1S/C12H28OSi3/c1-14(2,3)11-10-12(13,15(4,5)6)16(7,8)9/h13H,1-9H3. The van der Waals surface area contributed by atoms with Crippen molar-refractivity contribution < 1.29 is 5.11 Å². The summed E-state index contributed by atoms with van der Waals surface area (Å²) >= 11 is 0. The molecule has 94 valence electrons. The first-order chi connectivity index (χ1) is 6.71. The Kier molecular flexibility index (Phi) is 4.50. The van der Waals surface area contributed by atoms with E-state index >= 15 is 0 Å². The van der Waals surface area contributed by atoms with E-state index < -0.39 is 29.1 Å². The highest BCUT2D eigenvalue weighted by Gasteiger charge is 2.50. The van der Waals surface area contributed by atoms with E-state index in [0.29, 0.717) is 0 Å². The van der Waals surface area contributed by atoms with Gasteiger partial charge in [-0.05, 0) is 0 Å². The first kappa shape index (κ1) is 16.2. The summed E-state index contributed by atoms with van der Waals surface area (Å²) in [5.74, 6) is 3.31. The Morgan fingerprint density at radius 2 is 1.06 bits per heavy atom. The summed E-state index contributed by atoms with van der Waals surface area (Å²) in [7, 11) is -4.76. The van der Waals surface area contributed by atoms with Crippen molar-refractivity contribution in [3.8, 4) is 11.5 Å². The SMILES string of the molecule is C[Si](C)(C)C#CC(O)([Si](C)(C)C)[Si](C)(C)C. The Bertz CT molecular complexity index is 290. The van der Waals surface area contributed by atoms with Crippen molar-refractivity contribution in [3.63, 3.8) is 0 Å². The third kappa shape index (κ3) is 3.88. The minimum Gasteiger partial charge on any atom is -0.385 e. The molecule has 0 atom stereocenters. The van der Waals surface area contributed by atoms with Gasteiger partial charge < -0.3 is 5.11 Å². The van der Waals surface area contributed by atoms with Crippen LogP contribution in [-0.2, 0) is 0 Å². The molecule has 0 aromatic carbocycles. The molecule has 0 fully saturated rings. The molecule has 0 radical (unpaired) electrons. The molecule has 4 heteroatoms. The monoisotopic (exact) mass is 272 g/mol. The van der Waals surface area contributed by atoms with Gasteiger partial charge in [0.15, 0.2) is 0 Å². The van der Waals surface area contributed by atoms with Crippen LogP contribution in [0.3, 0.4) is 0 Å². The summed E-state index contributed by atoms with van der Waals surface area (Å²) in [6.45, 7) is 20.1. The normalized spacial score (nSPS) is 14.4. The predicted molar refractivity (Wildman–Crippen MR) is 82.8 cm³/mol. The number of aliphatic hydroxyl groups is 1. The van der Waals surface area contributed by atoms with Crippen molar-refractivity contribution in [3.05, 3.63) is 0 Å². The molecular weight excluding hydrogens is 244 g/mol. The lowest BCUT2D eigenvalue weighted by Gasteiger charge is -2.44. The second kappa shape index (κ2) is 4.45. The molecule has 0 unspecified atom stereocenters. The summed E-state index contributed by atoms with van der Waals surface area (Å²) in [6.07, 6.45) is 0. The molecule has 16 heavy (non-hydrogen) atoms. The molecular formula is C12H28OSi3. The maximum atomic E-state index is 11.0. The summed E-state index contributed by atoms with van der Waals surface area (Å²) < 4.78 is 0. The quantitative estimate of drug-likeness (QED) is 0.604. The van der Waals surface area contributed by atoms with Gasteiger partial charge in [0.25, 0.3) is 0 Å². The van der Waals surface area contributed by atoms with Crippen molar-refractivity contribution in [2.45, 2.75) is 63.8 Å². The first-order valence-electron chi connectivity index (χ1n) is 5.97. The van der Waals surface area contributed by atoms with Gasteiger partial charge in [0, 0.05) is 0 Å². The van der Waals surface area contributed by atoms with Crippen LogP contribution in [-0.4, -0.2) is 34.2 Å². The van der Waals surface area contributed by atoms with Crippen LogP contribution in [0.1, 0.15) is 0 Å². The molecule has 0 aliphatic rings. The van der Waals surface area contributed by atoms with Gasteiger partial charge >= 0.3 is 0 Å². The van der Waals surface area contributed by atoms with E-state index in [9.17, 15) is 5.11 Å². The Labute approximate surface area is 105 Å². The maximum absolute atomic E-state index is 11.0. The average molecular weight is 273 g/mol. The van der Waals surface area contributed by atoms with Crippen LogP contribution in [0.5, 0.6) is 0 Å². The average Bonchev–Trinajstić information content (AvgIpc) is 1.93. The van der Waals surface area contributed by atoms with Crippen LogP contribution in [0, 0.1) is 11.5 Å². The van der Waals surface area contributed by atoms with Gasteiger partial charge in [-0.25, -0.2) is 0 Å². The Hall–Kier alpha value is 0.171. The van der Waals surface area contributed by atoms with E-state index in [1.165, 1.54) is 0 Å². The van der Waals surface area contributed by atoms with Crippen molar-refractivity contribution in [2.75, 3.05) is 0 Å². The lowest BCUT2D eigenvalue weighted by Crippen LogP contribution is -2.65. The zero-order valence-electron chi connectivity index (χ0n) is 12.4. The van der Waals surface area contributed by atoms with E-state index in [1.807, 2.05) is 0 Å². The van der Waals surface area contributed by atoms with E-state index in [4.69, 9.17) is 0 Å². The maximum Gasteiger partial charge on any atom is 0.129 e. The van der Waals surface area contributed by atoms with Crippen molar-refractivity contribution in [1.29, 1.82) is 0 Å². The minimum atomic E-state index is -1.68. The second-order valence-electron chi connectivity index (χ2n) is 7.71. The predicted octanol–water partition coefficient (Wildman–Crippen LogP) is 3.35. The lowest BCUT2D eigenvalue weighted by molar-refractivity contribution is 0.248. The second-order valence-corrected chi connectivity index (χ2v) is 23.4. The van der Waals surface area contributed by atoms with Gasteiger partial charge in [-0.1, -0.05) is 64.8 Å². The summed E-state index contributed by atoms with van der Waals surface area (Å²) in [6, 6.07) is 0. The van der Waals surface area contributed by atoms with Gasteiger partial charge in [0.1, 0.15) is 8.07 Å². The van der Waals surface area contributed by atoms with Gasteiger partial charge in [0.05, 0.1) is 21.0 Å².